The lowest BCUT2D eigenvalue weighted by Gasteiger charge is -2.14. The van der Waals surface area contributed by atoms with Crippen molar-refractivity contribution in [2.75, 3.05) is 25.2 Å². The van der Waals surface area contributed by atoms with E-state index in [0.717, 1.165) is 5.75 Å². The Labute approximate surface area is 213 Å². The molecule has 0 aromatic carbocycles. The number of aliphatic hydroxyl groups is 1. The van der Waals surface area contributed by atoms with Crippen molar-refractivity contribution in [1.29, 1.82) is 0 Å². The molecule has 0 radical (unpaired) electrons. The van der Waals surface area contributed by atoms with Crippen LogP contribution in [0.1, 0.15) is 111 Å². The van der Waals surface area contributed by atoms with Crippen LogP contribution in [0.25, 0.3) is 0 Å². The Bertz CT molecular complexity index is 466. The summed E-state index contributed by atoms with van der Waals surface area (Å²) in [5.74, 6) is 0.834. The molecule has 204 valence electrons. The lowest BCUT2D eigenvalue weighted by molar-refractivity contribution is -0.139. The molecule has 0 saturated heterocycles. The molecule has 2 atom stereocenters. The summed E-state index contributed by atoms with van der Waals surface area (Å²) in [6, 6.07) is -0.713. The first-order valence-electron chi connectivity index (χ1n) is 13.3. The van der Waals surface area contributed by atoms with Crippen molar-refractivity contribution < 1.29 is 24.5 Å². The van der Waals surface area contributed by atoms with Crippen LogP contribution < -0.4 is 11.1 Å². The van der Waals surface area contributed by atoms with Crippen LogP contribution in [-0.4, -0.2) is 59.6 Å². The van der Waals surface area contributed by atoms with Gasteiger partial charge in [-0.2, -0.15) is 11.8 Å². The molecule has 0 fully saturated rings. The van der Waals surface area contributed by atoms with Crippen molar-refractivity contribution in [2.45, 2.75) is 123 Å². The highest BCUT2D eigenvalue weighted by Gasteiger charge is 2.14. The van der Waals surface area contributed by atoms with Gasteiger partial charge in [-0.15, -0.1) is 0 Å². The van der Waals surface area contributed by atoms with Gasteiger partial charge in [-0.05, 0) is 18.1 Å². The molecule has 8 heteroatoms. The predicted molar refractivity (Wildman–Crippen MR) is 145 cm³/mol. The number of aliphatic hydroxyl groups excluding tert-OH is 1. The molecule has 0 aliphatic carbocycles. The van der Waals surface area contributed by atoms with E-state index in [-0.39, 0.29) is 12.5 Å². The summed E-state index contributed by atoms with van der Waals surface area (Å²) in [7, 11) is 1.53. The monoisotopic (exact) mass is 506 g/mol. The average molecular weight is 507 g/mol. The first-order valence-corrected chi connectivity index (χ1v) is 14.5. The Balaban J connectivity index is 0. The van der Waals surface area contributed by atoms with Crippen LogP contribution >= 0.6 is 11.8 Å². The van der Waals surface area contributed by atoms with Gasteiger partial charge in [0.05, 0.1) is 6.61 Å². The van der Waals surface area contributed by atoms with Gasteiger partial charge >= 0.3 is 12.1 Å². The minimum absolute atomic E-state index is 0.0208. The predicted octanol–water partition coefficient (Wildman–Crippen LogP) is 5.97. The summed E-state index contributed by atoms with van der Waals surface area (Å²) in [5.41, 5.74) is 5.16. The zero-order valence-electron chi connectivity index (χ0n) is 22.4. The minimum Gasteiger partial charge on any atom is -0.480 e. The number of carbonyl (C=O) groups excluding carboxylic acids is 1. The number of nitrogens with two attached hydrogens (primary N) is 1. The standard InChI is InChI=1S/C21H43NO3S.C5H11NO2/c1-3-4-5-6-7-8-9-10-11-12-13-14-15-16-17-26-19-20(18-23)25-21(24)22-2;1-3(2)4(6)5(7)8/h20,23H,3-19H2,1-2H3,(H,22,24);3-4H,6H2,1-2H3,(H,7,8)/t;4-/m.0/s1. The second kappa shape index (κ2) is 26.6. The van der Waals surface area contributed by atoms with E-state index >= 15 is 0 Å². The van der Waals surface area contributed by atoms with Gasteiger partial charge in [-0.25, -0.2) is 4.79 Å². The summed E-state index contributed by atoms with van der Waals surface area (Å²) in [6.45, 7) is 5.72. The molecule has 1 unspecified atom stereocenters. The van der Waals surface area contributed by atoms with E-state index in [1.165, 1.54) is 96.9 Å². The van der Waals surface area contributed by atoms with Gasteiger partial charge in [0.1, 0.15) is 12.1 Å². The zero-order chi connectivity index (χ0) is 26.0. The molecule has 1 amide bonds. The van der Waals surface area contributed by atoms with Crippen LogP contribution in [0.15, 0.2) is 0 Å². The molecule has 7 nitrogen and oxygen atoms in total. The molecule has 5 N–H and O–H groups in total. The molecule has 0 rings (SSSR count). The molecular weight excluding hydrogens is 452 g/mol. The lowest BCUT2D eigenvalue weighted by atomic mass is 10.0. The van der Waals surface area contributed by atoms with E-state index in [1.54, 1.807) is 25.6 Å². The number of thioether (sulfide) groups is 1. The number of rotatable bonds is 21. The second-order valence-electron chi connectivity index (χ2n) is 9.24. The SMILES string of the molecule is CC(C)[C@H](N)C(=O)O.CCCCCCCCCCCCCCCCSCC(CO)OC(=O)NC. The molecule has 0 bridgehead atoms. The van der Waals surface area contributed by atoms with Crippen molar-refractivity contribution >= 4 is 23.8 Å². The minimum atomic E-state index is -0.931. The molecule has 34 heavy (non-hydrogen) atoms. The van der Waals surface area contributed by atoms with Crippen LogP contribution in [0.5, 0.6) is 0 Å². The van der Waals surface area contributed by atoms with E-state index in [9.17, 15) is 14.7 Å². The third-order valence-electron chi connectivity index (χ3n) is 5.63. The Morgan fingerprint density at radius 3 is 1.65 bits per heavy atom. The van der Waals surface area contributed by atoms with Gasteiger partial charge in [0.15, 0.2) is 0 Å². The molecule has 0 aromatic heterocycles. The number of aliphatic carboxylic acids is 1. The van der Waals surface area contributed by atoms with Crippen LogP contribution in [-0.2, 0) is 9.53 Å². The number of carboxylic acids is 1. The first-order chi connectivity index (χ1) is 16.3. The number of alkyl carbamates (subject to hydrolysis) is 1. The molecule has 0 saturated carbocycles. The Kier molecular flexibility index (Phi) is 27.5. The molecule has 0 heterocycles. The summed E-state index contributed by atoms with van der Waals surface area (Å²) < 4.78 is 5.05. The number of amides is 1. The number of hydrogen-bond donors (Lipinski definition) is 4. The third kappa shape index (κ3) is 25.6. The van der Waals surface area contributed by atoms with Crippen molar-refractivity contribution in [2.24, 2.45) is 11.7 Å². The number of unbranched alkanes of at least 4 members (excludes halogenated alkanes) is 13. The molecule has 0 aliphatic heterocycles. The quantitative estimate of drug-likeness (QED) is 0.141. The van der Waals surface area contributed by atoms with Crippen LogP contribution in [0.3, 0.4) is 0 Å². The Morgan fingerprint density at radius 2 is 1.32 bits per heavy atom. The fourth-order valence-corrected chi connectivity index (χ4v) is 4.24. The van der Waals surface area contributed by atoms with Crippen molar-refractivity contribution in [3.8, 4) is 0 Å². The van der Waals surface area contributed by atoms with E-state index in [1.807, 2.05) is 0 Å². The maximum atomic E-state index is 11.1. The number of ether oxygens (including phenoxy) is 1. The summed E-state index contributed by atoms with van der Waals surface area (Å²) in [4.78, 5) is 21.1. The average Bonchev–Trinajstić information content (AvgIpc) is 2.82. The number of carbonyl (C=O) groups is 2. The first kappa shape index (κ1) is 35.2. The van der Waals surface area contributed by atoms with Crippen LogP contribution in [0, 0.1) is 5.92 Å². The highest BCUT2D eigenvalue weighted by molar-refractivity contribution is 7.99. The largest absolute Gasteiger partial charge is 0.480 e. The van der Waals surface area contributed by atoms with Crippen LogP contribution in [0.4, 0.5) is 4.79 Å². The molecule has 0 spiro atoms. The van der Waals surface area contributed by atoms with E-state index in [0.29, 0.717) is 5.75 Å². The van der Waals surface area contributed by atoms with Crippen molar-refractivity contribution in [3.63, 3.8) is 0 Å². The molecular formula is C26H54N2O5S. The topological polar surface area (TPSA) is 122 Å². The Hall–Kier alpha value is -0.990. The zero-order valence-corrected chi connectivity index (χ0v) is 23.2. The van der Waals surface area contributed by atoms with Gasteiger partial charge in [-0.3, -0.25) is 4.79 Å². The normalized spacial score (nSPS) is 12.6. The van der Waals surface area contributed by atoms with E-state index in [4.69, 9.17) is 15.6 Å². The summed E-state index contributed by atoms with van der Waals surface area (Å²) >= 11 is 1.76. The fraction of sp³-hybridized carbons (Fsp3) is 0.923. The number of nitrogens with one attached hydrogen (secondary N) is 1. The third-order valence-corrected chi connectivity index (χ3v) is 6.82. The summed E-state index contributed by atoms with van der Waals surface area (Å²) in [6.07, 6.45) is 18.4. The van der Waals surface area contributed by atoms with E-state index in [2.05, 4.69) is 12.2 Å². The van der Waals surface area contributed by atoms with Gasteiger partial charge in [0, 0.05) is 12.8 Å². The molecule has 0 aliphatic rings. The van der Waals surface area contributed by atoms with Crippen LogP contribution in [0.2, 0.25) is 0 Å². The molecule has 0 aromatic rings. The van der Waals surface area contributed by atoms with E-state index < -0.39 is 24.2 Å². The van der Waals surface area contributed by atoms with Gasteiger partial charge in [0.25, 0.3) is 0 Å². The Morgan fingerprint density at radius 1 is 0.882 bits per heavy atom. The smallest absolute Gasteiger partial charge is 0.407 e. The highest BCUT2D eigenvalue weighted by atomic mass is 32.2. The maximum absolute atomic E-state index is 11.1. The highest BCUT2D eigenvalue weighted by Crippen LogP contribution is 2.14. The van der Waals surface area contributed by atoms with Crippen molar-refractivity contribution in [1.82, 2.24) is 5.32 Å². The number of carboxylic acid groups (broad SMARTS) is 1. The maximum Gasteiger partial charge on any atom is 0.407 e. The number of hydrogen-bond acceptors (Lipinski definition) is 6. The van der Waals surface area contributed by atoms with Crippen molar-refractivity contribution in [3.05, 3.63) is 0 Å². The summed E-state index contributed by atoms with van der Waals surface area (Å²) in [5, 5.41) is 19.8. The second-order valence-corrected chi connectivity index (χ2v) is 10.4. The lowest BCUT2D eigenvalue weighted by Crippen LogP contribution is -2.34. The fourth-order valence-electron chi connectivity index (χ4n) is 3.23. The van der Waals surface area contributed by atoms with Gasteiger partial charge in [-0.1, -0.05) is 104 Å². The van der Waals surface area contributed by atoms with Gasteiger partial charge in [0.2, 0.25) is 0 Å². The van der Waals surface area contributed by atoms with Gasteiger partial charge < -0.3 is 26.0 Å².